The minimum absolute atomic E-state index is 0. The molecule has 0 spiro atoms. The highest BCUT2D eigenvalue weighted by molar-refractivity contribution is 5.85. The highest BCUT2D eigenvalue weighted by atomic mass is 35.5. The summed E-state index contributed by atoms with van der Waals surface area (Å²) in [6.45, 7) is 1.17. The van der Waals surface area contributed by atoms with Gasteiger partial charge in [-0.05, 0) is 43.2 Å². The molecule has 0 radical (unpaired) electrons. The van der Waals surface area contributed by atoms with Crippen molar-refractivity contribution in [2.45, 2.75) is 43.8 Å². The van der Waals surface area contributed by atoms with Gasteiger partial charge in [-0.3, -0.25) is 4.79 Å². The third kappa shape index (κ3) is 3.86. The zero-order valence-corrected chi connectivity index (χ0v) is 14.1. The standard InChI is InChI=1S/C17H21F3N2O.ClH/c18-17(19,20)12-5-3-4-11(8-12)14-9-15(14)16(23)22-7-2-1-6-13(22)10-21;/h3-5,8,13-15H,1-2,6-7,9-10,21H2;1H. The summed E-state index contributed by atoms with van der Waals surface area (Å²) in [5.41, 5.74) is 5.71. The number of halogens is 4. The molecule has 1 aromatic carbocycles. The van der Waals surface area contributed by atoms with Gasteiger partial charge in [0.15, 0.2) is 0 Å². The summed E-state index contributed by atoms with van der Waals surface area (Å²) in [6, 6.07) is 5.43. The number of benzene rings is 1. The fourth-order valence-electron chi connectivity index (χ4n) is 3.53. The molecule has 24 heavy (non-hydrogen) atoms. The van der Waals surface area contributed by atoms with Crippen molar-refractivity contribution in [1.82, 2.24) is 4.90 Å². The SMILES string of the molecule is Cl.NCC1CCCCN1C(=O)C1CC1c1cccc(C(F)(F)F)c1. The quantitative estimate of drug-likeness (QED) is 0.893. The Balaban J connectivity index is 0.00000208. The number of piperidine rings is 1. The monoisotopic (exact) mass is 362 g/mol. The minimum Gasteiger partial charge on any atom is -0.338 e. The second kappa shape index (κ2) is 7.31. The summed E-state index contributed by atoms with van der Waals surface area (Å²) in [7, 11) is 0. The average Bonchev–Trinajstić information content (AvgIpc) is 3.34. The molecule has 1 aromatic rings. The van der Waals surface area contributed by atoms with E-state index in [1.165, 1.54) is 12.1 Å². The summed E-state index contributed by atoms with van der Waals surface area (Å²) in [5.74, 6) is -0.224. The Morgan fingerprint density at radius 3 is 2.71 bits per heavy atom. The van der Waals surface area contributed by atoms with Crippen LogP contribution in [-0.4, -0.2) is 29.9 Å². The number of hydrogen-bond donors (Lipinski definition) is 1. The van der Waals surface area contributed by atoms with Gasteiger partial charge in [-0.15, -0.1) is 12.4 Å². The Morgan fingerprint density at radius 2 is 2.04 bits per heavy atom. The van der Waals surface area contributed by atoms with Crippen molar-refractivity contribution < 1.29 is 18.0 Å². The highest BCUT2D eigenvalue weighted by Crippen LogP contribution is 2.49. The van der Waals surface area contributed by atoms with Crippen LogP contribution in [-0.2, 0) is 11.0 Å². The number of hydrogen-bond acceptors (Lipinski definition) is 2. The van der Waals surface area contributed by atoms with Gasteiger partial charge in [0.25, 0.3) is 0 Å². The van der Waals surface area contributed by atoms with Crippen molar-refractivity contribution >= 4 is 18.3 Å². The van der Waals surface area contributed by atoms with Crippen molar-refractivity contribution in [3.8, 4) is 0 Å². The number of amides is 1. The Kier molecular flexibility index (Phi) is 5.81. The van der Waals surface area contributed by atoms with Crippen molar-refractivity contribution in [2.24, 2.45) is 11.7 Å². The van der Waals surface area contributed by atoms with Gasteiger partial charge in [-0.25, -0.2) is 0 Å². The zero-order valence-electron chi connectivity index (χ0n) is 13.3. The molecule has 134 valence electrons. The lowest BCUT2D eigenvalue weighted by Gasteiger charge is -2.35. The summed E-state index contributed by atoms with van der Waals surface area (Å²) < 4.78 is 38.4. The van der Waals surface area contributed by atoms with Gasteiger partial charge in [0.1, 0.15) is 0 Å². The number of carbonyl (C=O) groups excluding carboxylic acids is 1. The molecule has 3 nitrogen and oxygen atoms in total. The lowest BCUT2D eigenvalue weighted by molar-refractivity contribution is -0.137. The van der Waals surface area contributed by atoms with E-state index >= 15 is 0 Å². The Hall–Kier alpha value is -1.27. The number of carbonyl (C=O) groups is 1. The van der Waals surface area contributed by atoms with Crippen molar-refractivity contribution in [3.63, 3.8) is 0 Å². The molecule has 3 rings (SSSR count). The number of nitrogens with zero attached hydrogens (tertiary/aromatic N) is 1. The fraction of sp³-hybridized carbons (Fsp3) is 0.588. The Morgan fingerprint density at radius 1 is 1.29 bits per heavy atom. The van der Waals surface area contributed by atoms with Gasteiger partial charge in [-0.2, -0.15) is 13.2 Å². The van der Waals surface area contributed by atoms with E-state index in [1.54, 1.807) is 6.07 Å². The second-order valence-corrected chi connectivity index (χ2v) is 6.49. The molecular weight excluding hydrogens is 341 g/mol. The first-order chi connectivity index (χ1) is 10.9. The topological polar surface area (TPSA) is 46.3 Å². The van der Waals surface area contributed by atoms with Gasteiger partial charge in [0.05, 0.1) is 5.56 Å². The van der Waals surface area contributed by atoms with Crippen LogP contribution in [0.5, 0.6) is 0 Å². The second-order valence-electron chi connectivity index (χ2n) is 6.49. The summed E-state index contributed by atoms with van der Waals surface area (Å²) >= 11 is 0. The summed E-state index contributed by atoms with van der Waals surface area (Å²) in [6.07, 6.45) is -0.740. The van der Waals surface area contributed by atoms with E-state index in [0.717, 1.165) is 25.3 Å². The maximum absolute atomic E-state index is 12.8. The first kappa shape index (κ1) is 19.1. The van der Waals surface area contributed by atoms with E-state index in [4.69, 9.17) is 5.73 Å². The molecule has 1 aliphatic heterocycles. The van der Waals surface area contributed by atoms with Gasteiger partial charge < -0.3 is 10.6 Å². The maximum Gasteiger partial charge on any atom is 0.416 e. The van der Waals surface area contributed by atoms with E-state index in [1.807, 2.05) is 4.90 Å². The van der Waals surface area contributed by atoms with Crippen molar-refractivity contribution in [3.05, 3.63) is 35.4 Å². The molecule has 1 saturated heterocycles. The van der Waals surface area contributed by atoms with Crippen LogP contribution in [0.1, 0.15) is 42.7 Å². The largest absolute Gasteiger partial charge is 0.416 e. The smallest absolute Gasteiger partial charge is 0.338 e. The summed E-state index contributed by atoms with van der Waals surface area (Å²) in [5, 5.41) is 0. The molecule has 2 fully saturated rings. The average molecular weight is 363 g/mol. The molecular formula is C17H22ClF3N2O. The highest BCUT2D eigenvalue weighted by Gasteiger charge is 2.47. The van der Waals surface area contributed by atoms with E-state index < -0.39 is 11.7 Å². The molecule has 1 heterocycles. The van der Waals surface area contributed by atoms with Crippen LogP contribution in [0.3, 0.4) is 0 Å². The predicted octanol–water partition coefficient (Wildman–Crippen LogP) is 3.57. The van der Waals surface area contributed by atoms with Crippen LogP contribution in [0.4, 0.5) is 13.2 Å². The molecule has 7 heteroatoms. The lowest BCUT2D eigenvalue weighted by atomic mass is 10.0. The van der Waals surface area contributed by atoms with Crippen LogP contribution in [0.25, 0.3) is 0 Å². The van der Waals surface area contributed by atoms with Crippen LogP contribution in [0, 0.1) is 5.92 Å². The van der Waals surface area contributed by atoms with Crippen LogP contribution >= 0.6 is 12.4 Å². The van der Waals surface area contributed by atoms with Gasteiger partial charge in [0, 0.05) is 25.0 Å². The maximum atomic E-state index is 12.8. The van der Waals surface area contributed by atoms with Crippen LogP contribution < -0.4 is 5.73 Å². The van der Waals surface area contributed by atoms with E-state index in [9.17, 15) is 18.0 Å². The molecule has 0 aromatic heterocycles. The number of alkyl halides is 3. The van der Waals surface area contributed by atoms with Gasteiger partial charge >= 0.3 is 6.18 Å². The van der Waals surface area contributed by atoms with E-state index in [0.29, 0.717) is 25.1 Å². The minimum atomic E-state index is -4.35. The van der Waals surface area contributed by atoms with E-state index in [2.05, 4.69) is 0 Å². The van der Waals surface area contributed by atoms with Crippen LogP contribution in [0.2, 0.25) is 0 Å². The molecule has 3 unspecified atom stereocenters. The third-order valence-electron chi connectivity index (χ3n) is 4.93. The molecule has 2 N–H and O–H groups in total. The number of rotatable bonds is 3. The number of likely N-dealkylation sites (tertiary alicyclic amines) is 1. The van der Waals surface area contributed by atoms with Gasteiger partial charge in [0.2, 0.25) is 5.91 Å². The first-order valence-electron chi connectivity index (χ1n) is 8.09. The lowest BCUT2D eigenvalue weighted by Crippen LogP contribution is -2.48. The molecule has 1 saturated carbocycles. The molecule has 0 bridgehead atoms. The molecule has 1 amide bonds. The first-order valence-corrected chi connectivity index (χ1v) is 8.09. The Bertz CT molecular complexity index is 593. The van der Waals surface area contributed by atoms with Crippen LogP contribution in [0.15, 0.2) is 24.3 Å². The predicted molar refractivity (Wildman–Crippen MR) is 87.9 cm³/mol. The van der Waals surface area contributed by atoms with Crippen molar-refractivity contribution in [1.29, 1.82) is 0 Å². The molecule has 1 aliphatic carbocycles. The normalized spacial score (nSPS) is 26.7. The molecule has 3 atom stereocenters. The third-order valence-corrected chi connectivity index (χ3v) is 4.93. The fourth-order valence-corrected chi connectivity index (χ4v) is 3.53. The van der Waals surface area contributed by atoms with Crippen molar-refractivity contribution in [2.75, 3.05) is 13.1 Å². The number of nitrogens with two attached hydrogens (primary N) is 1. The zero-order chi connectivity index (χ0) is 16.6. The Labute approximate surface area is 145 Å². The van der Waals surface area contributed by atoms with Gasteiger partial charge in [-0.1, -0.05) is 18.2 Å². The summed E-state index contributed by atoms with van der Waals surface area (Å²) in [4.78, 5) is 14.5. The van der Waals surface area contributed by atoms with E-state index in [-0.39, 0.29) is 36.2 Å². The molecule has 2 aliphatic rings.